The molecule has 0 radical (unpaired) electrons. The maximum Gasteiger partial charge on any atom is 0.244 e. The highest BCUT2D eigenvalue weighted by molar-refractivity contribution is 7.89. The van der Waals surface area contributed by atoms with Crippen LogP contribution in [0.25, 0.3) is 0 Å². The van der Waals surface area contributed by atoms with Crippen molar-refractivity contribution < 1.29 is 8.42 Å². The number of benzene rings is 1. The highest BCUT2D eigenvalue weighted by atomic mass is 35.5. The minimum Gasteiger partial charge on any atom is -0.326 e. The summed E-state index contributed by atoms with van der Waals surface area (Å²) in [5.41, 5.74) is 6.37. The fraction of sp³-hybridized carbons (Fsp3) is 0.571. The summed E-state index contributed by atoms with van der Waals surface area (Å²) in [7, 11) is -1.52. The number of nitrogens with zero attached hydrogens (tertiary/aromatic N) is 2. The van der Waals surface area contributed by atoms with E-state index in [2.05, 4.69) is 11.8 Å². The third kappa shape index (κ3) is 3.40. The van der Waals surface area contributed by atoms with Gasteiger partial charge in [0.1, 0.15) is 4.90 Å². The smallest absolute Gasteiger partial charge is 0.244 e. The van der Waals surface area contributed by atoms with Crippen molar-refractivity contribution in [1.29, 1.82) is 0 Å². The molecule has 1 heterocycles. The molecule has 1 fully saturated rings. The molecule has 2 N–H and O–H groups in total. The molecule has 0 spiro atoms. The molecule has 1 unspecified atom stereocenters. The van der Waals surface area contributed by atoms with Crippen molar-refractivity contribution in [3.8, 4) is 0 Å². The molecule has 1 aliphatic heterocycles. The first-order valence-electron chi connectivity index (χ1n) is 7.09. The molecule has 0 aliphatic carbocycles. The van der Waals surface area contributed by atoms with E-state index < -0.39 is 10.0 Å². The van der Waals surface area contributed by atoms with Gasteiger partial charge in [-0.15, -0.1) is 0 Å². The summed E-state index contributed by atoms with van der Waals surface area (Å²) in [5, 5.41) is 0.241. The molecule has 2 rings (SSSR count). The fourth-order valence-electron chi connectivity index (χ4n) is 2.60. The Balaban J connectivity index is 2.30. The predicted molar refractivity (Wildman–Crippen MR) is 84.8 cm³/mol. The lowest BCUT2D eigenvalue weighted by atomic mass is 10.1. The van der Waals surface area contributed by atoms with Gasteiger partial charge in [-0.2, -0.15) is 4.31 Å². The number of rotatable bonds is 4. The molecule has 5 nitrogen and oxygen atoms in total. The van der Waals surface area contributed by atoms with Gasteiger partial charge in [0.25, 0.3) is 0 Å². The largest absolute Gasteiger partial charge is 0.326 e. The Morgan fingerprint density at radius 3 is 2.67 bits per heavy atom. The molecular formula is C14H22ClN3O2S. The molecule has 0 aromatic heterocycles. The monoisotopic (exact) mass is 331 g/mol. The third-order valence-corrected chi connectivity index (χ3v) is 6.41. The van der Waals surface area contributed by atoms with E-state index in [1.54, 1.807) is 18.2 Å². The van der Waals surface area contributed by atoms with Crippen LogP contribution in [-0.2, 0) is 16.6 Å². The van der Waals surface area contributed by atoms with Gasteiger partial charge < -0.3 is 10.6 Å². The molecule has 0 saturated carbocycles. The van der Waals surface area contributed by atoms with E-state index in [1.807, 2.05) is 7.05 Å². The number of sulfonamides is 1. The van der Waals surface area contributed by atoms with E-state index in [9.17, 15) is 8.42 Å². The van der Waals surface area contributed by atoms with Gasteiger partial charge in [-0.3, -0.25) is 0 Å². The van der Waals surface area contributed by atoms with E-state index in [-0.39, 0.29) is 16.0 Å². The zero-order valence-corrected chi connectivity index (χ0v) is 14.0. The number of nitrogens with two attached hydrogens (primary N) is 1. The Bertz CT molecular complexity index is 606. The van der Waals surface area contributed by atoms with Crippen LogP contribution in [-0.4, -0.2) is 50.3 Å². The summed E-state index contributed by atoms with van der Waals surface area (Å²) in [6.07, 6.45) is 0.919. The normalized spacial score (nSPS) is 21.6. The molecule has 21 heavy (non-hydrogen) atoms. The van der Waals surface area contributed by atoms with Crippen molar-refractivity contribution in [3.63, 3.8) is 0 Å². The van der Waals surface area contributed by atoms with Gasteiger partial charge >= 0.3 is 0 Å². The summed E-state index contributed by atoms with van der Waals surface area (Å²) in [4.78, 5) is 2.37. The Morgan fingerprint density at radius 2 is 2.10 bits per heavy atom. The van der Waals surface area contributed by atoms with Crippen LogP contribution < -0.4 is 5.73 Å². The molecule has 1 atom stereocenters. The SMILES string of the molecule is CCC1CN(S(=O)(=O)c2ccc(CN)cc2Cl)CCN1C. The van der Waals surface area contributed by atoms with Crippen molar-refractivity contribution >= 4 is 21.6 Å². The van der Waals surface area contributed by atoms with Crippen molar-refractivity contribution in [2.24, 2.45) is 5.73 Å². The predicted octanol–water partition coefficient (Wildman–Crippen LogP) is 1.51. The van der Waals surface area contributed by atoms with E-state index in [0.29, 0.717) is 19.6 Å². The molecule has 1 saturated heterocycles. The van der Waals surface area contributed by atoms with E-state index in [1.165, 1.54) is 4.31 Å². The zero-order chi connectivity index (χ0) is 15.6. The minimum atomic E-state index is -3.55. The second-order valence-corrected chi connectivity index (χ2v) is 7.69. The molecule has 1 aromatic carbocycles. The van der Waals surface area contributed by atoms with Crippen LogP contribution in [0.2, 0.25) is 5.02 Å². The van der Waals surface area contributed by atoms with Crippen molar-refractivity contribution in [3.05, 3.63) is 28.8 Å². The number of piperazine rings is 1. The van der Waals surface area contributed by atoms with E-state index >= 15 is 0 Å². The molecule has 118 valence electrons. The van der Waals surface area contributed by atoms with Gasteiger partial charge in [-0.1, -0.05) is 24.6 Å². The van der Waals surface area contributed by atoms with Crippen LogP contribution in [0.15, 0.2) is 23.1 Å². The summed E-state index contributed by atoms with van der Waals surface area (Å²) in [6, 6.07) is 5.14. The topological polar surface area (TPSA) is 66.6 Å². The van der Waals surface area contributed by atoms with Gasteiger partial charge in [-0.05, 0) is 31.2 Å². The second-order valence-electron chi connectivity index (χ2n) is 5.37. The van der Waals surface area contributed by atoms with Gasteiger partial charge in [0.2, 0.25) is 10.0 Å². The van der Waals surface area contributed by atoms with Crippen LogP contribution >= 0.6 is 11.6 Å². The first-order chi connectivity index (χ1) is 9.90. The zero-order valence-electron chi connectivity index (χ0n) is 12.4. The highest BCUT2D eigenvalue weighted by Crippen LogP contribution is 2.27. The summed E-state index contributed by atoms with van der Waals surface area (Å²) in [6.45, 7) is 4.14. The van der Waals surface area contributed by atoms with E-state index in [0.717, 1.165) is 18.5 Å². The quantitative estimate of drug-likeness (QED) is 0.908. The lowest BCUT2D eigenvalue weighted by molar-refractivity contribution is 0.144. The summed E-state index contributed by atoms with van der Waals surface area (Å²) >= 11 is 6.14. The average molecular weight is 332 g/mol. The summed E-state index contributed by atoms with van der Waals surface area (Å²) in [5.74, 6) is 0. The van der Waals surface area contributed by atoms with Crippen LogP contribution in [0.1, 0.15) is 18.9 Å². The maximum atomic E-state index is 12.8. The molecular weight excluding hydrogens is 310 g/mol. The molecule has 1 aliphatic rings. The Kier molecular flexibility index (Phi) is 5.27. The lowest BCUT2D eigenvalue weighted by Gasteiger charge is -2.38. The number of likely N-dealkylation sites (N-methyl/N-ethyl adjacent to an activating group) is 1. The molecule has 1 aromatic rings. The molecule has 7 heteroatoms. The average Bonchev–Trinajstić information content (AvgIpc) is 2.47. The first kappa shape index (κ1) is 16.7. The van der Waals surface area contributed by atoms with Crippen molar-refractivity contribution in [2.45, 2.75) is 30.8 Å². The lowest BCUT2D eigenvalue weighted by Crippen LogP contribution is -2.52. The minimum absolute atomic E-state index is 0.167. The number of hydrogen-bond donors (Lipinski definition) is 1. The number of halogens is 1. The van der Waals surface area contributed by atoms with Crippen LogP contribution in [0.5, 0.6) is 0 Å². The van der Waals surface area contributed by atoms with Crippen molar-refractivity contribution in [1.82, 2.24) is 9.21 Å². The maximum absolute atomic E-state index is 12.8. The number of hydrogen-bond acceptors (Lipinski definition) is 4. The van der Waals surface area contributed by atoms with Crippen molar-refractivity contribution in [2.75, 3.05) is 26.7 Å². The standard InChI is InChI=1S/C14H22ClN3O2S/c1-3-12-10-18(7-6-17(12)2)21(19,20)14-5-4-11(9-16)8-13(14)15/h4-5,8,12H,3,6-7,9-10,16H2,1-2H3. The van der Waals surface area contributed by atoms with Crippen LogP contribution in [0.4, 0.5) is 0 Å². The second kappa shape index (κ2) is 6.62. The van der Waals surface area contributed by atoms with Crippen LogP contribution in [0.3, 0.4) is 0 Å². The van der Waals surface area contributed by atoms with Gasteiger partial charge in [0.05, 0.1) is 5.02 Å². The van der Waals surface area contributed by atoms with Gasteiger partial charge in [0.15, 0.2) is 0 Å². The Morgan fingerprint density at radius 1 is 1.38 bits per heavy atom. The first-order valence-corrected chi connectivity index (χ1v) is 8.90. The Hall–Kier alpha value is -0.660. The van der Waals surface area contributed by atoms with Gasteiger partial charge in [0, 0.05) is 32.2 Å². The fourth-order valence-corrected chi connectivity index (χ4v) is 4.61. The van der Waals surface area contributed by atoms with Gasteiger partial charge in [-0.25, -0.2) is 8.42 Å². The summed E-state index contributed by atoms with van der Waals surface area (Å²) < 4.78 is 27.1. The third-order valence-electron chi connectivity index (χ3n) is 4.06. The van der Waals surface area contributed by atoms with E-state index in [4.69, 9.17) is 17.3 Å². The highest BCUT2D eigenvalue weighted by Gasteiger charge is 2.33. The van der Waals surface area contributed by atoms with Crippen LogP contribution in [0, 0.1) is 0 Å². The molecule has 0 bridgehead atoms. The Labute approximate surface area is 131 Å². The molecule has 0 amide bonds.